The van der Waals surface area contributed by atoms with Crippen molar-refractivity contribution in [1.29, 1.82) is 0 Å². The average molecular weight is 403 g/mol. The quantitative estimate of drug-likeness (QED) is 0.771. The van der Waals surface area contributed by atoms with Crippen molar-refractivity contribution >= 4 is 15.9 Å². The standard InChI is InChI=1S/C21H26N2O4S/c1-16-13-17(2)15-19(14-16)27-18(3)21(24)22-9-11-23(12-10-22)28(25,26)20-7-5-4-6-8-20/h4-8,13-15,18H,9-12H2,1-3H3/t18-/m1/s1. The van der Waals surface area contributed by atoms with Crippen LogP contribution < -0.4 is 4.74 Å². The van der Waals surface area contributed by atoms with Crippen LogP contribution >= 0.6 is 0 Å². The molecule has 1 fully saturated rings. The van der Waals surface area contributed by atoms with Gasteiger partial charge in [-0.3, -0.25) is 4.79 Å². The first kappa shape index (κ1) is 20.4. The van der Waals surface area contributed by atoms with Gasteiger partial charge in [0.2, 0.25) is 10.0 Å². The smallest absolute Gasteiger partial charge is 0.263 e. The number of hydrogen-bond acceptors (Lipinski definition) is 4. The summed E-state index contributed by atoms with van der Waals surface area (Å²) < 4.78 is 32.7. The van der Waals surface area contributed by atoms with Crippen LogP contribution in [0.25, 0.3) is 0 Å². The van der Waals surface area contributed by atoms with E-state index in [1.807, 2.05) is 32.0 Å². The third-order valence-electron chi connectivity index (χ3n) is 4.79. The van der Waals surface area contributed by atoms with Gasteiger partial charge in [-0.15, -0.1) is 0 Å². The maximum absolute atomic E-state index is 12.7. The molecule has 7 heteroatoms. The Morgan fingerprint density at radius 2 is 1.54 bits per heavy atom. The van der Waals surface area contributed by atoms with E-state index < -0.39 is 16.1 Å². The number of benzene rings is 2. The van der Waals surface area contributed by atoms with E-state index in [-0.39, 0.29) is 23.9 Å². The minimum absolute atomic E-state index is 0.129. The van der Waals surface area contributed by atoms with E-state index in [4.69, 9.17) is 4.74 Å². The zero-order valence-corrected chi connectivity index (χ0v) is 17.3. The van der Waals surface area contributed by atoms with Crippen LogP contribution in [0.3, 0.4) is 0 Å². The molecule has 0 saturated carbocycles. The Morgan fingerprint density at radius 3 is 2.11 bits per heavy atom. The summed E-state index contributed by atoms with van der Waals surface area (Å²) in [6.45, 7) is 6.96. The molecule has 1 aliphatic heterocycles. The van der Waals surface area contributed by atoms with Gasteiger partial charge < -0.3 is 9.64 Å². The van der Waals surface area contributed by atoms with Gasteiger partial charge in [-0.25, -0.2) is 8.42 Å². The minimum Gasteiger partial charge on any atom is -0.481 e. The van der Waals surface area contributed by atoms with Gasteiger partial charge in [0.15, 0.2) is 6.10 Å². The average Bonchev–Trinajstić information content (AvgIpc) is 2.67. The number of ether oxygens (including phenoxy) is 1. The minimum atomic E-state index is -3.53. The molecule has 6 nitrogen and oxygen atoms in total. The highest BCUT2D eigenvalue weighted by molar-refractivity contribution is 7.89. The van der Waals surface area contributed by atoms with Crippen molar-refractivity contribution in [3.05, 3.63) is 59.7 Å². The molecule has 0 radical (unpaired) electrons. The van der Waals surface area contributed by atoms with E-state index in [0.717, 1.165) is 11.1 Å². The third kappa shape index (κ3) is 4.54. The maximum Gasteiger partial charge on any atom is 0.263 e. The topological polar surface area (TPSA) is 66.9 Å². The van der Waals surface area contributed by atoms with Crippen molar-refractivity contribution in [3.8, 4) is 5.75 Å². The number of carbonyl (C=O) groups excluding carboxylic acids is 1. The summed E-state index contributed by atoms with van der Waals surface area (Å²) in [5, 5.41) is 0. The molecule has 1 amide bonds. The molecule has 1 aliphatic rings. The molecule has 3 rings (SSSR count). The Morgan fingerprint density at radius 1 is 0.964 bits per heavy atom. The number of nitrogens with zero attached hydrogens (tertiary/aromatic N) is 2. The Bertz CT molecular complexity index is 916. The van der Waals surface area contributed by atoms with Crippen LogP contribution in [0, 0.1) is 13.8 Å². The van der Waals surface area contributed by atoms with Gasteiger partial charge in [0, 0.05) is 26.2 Å². The molecule has 2 aromatic rings. The van der Waals surface area contributed by atoms with Crippen LogP contribution in [0.4, 0.5) is 0 Å². The van der Waals surface area contributed by atoms with Gasteiger partial charge >= 0.3 is 0 Å². The summed E-state index contributed by atoms with van der Waals surface area (Å²) in [5.74, 6) is 0.541. The Hall–Kier alpha value is -2.38. The highest BCUT2D eigenvalue weighted by atomic mass is 32.2. The van der Waals surface area contributed by atoms with E-state index >= 15 is 0 Å². The van der Waals surface area contributed by atoms with Crippen molar-refractivity contribution in [2.75, 3.05) is 26.2 Å². The molecule has 0 N–H and O–H groups in total. The van der Waals surface area contributed by atoms with Crippen LogP contribution in [0.15, 0.2) is 53.4 Å². The summed E-state index contributed by atoms with van der Waals surface area (Å²) in [4.78, 5) is 14.7. The van der Waals surface area contributed by atoms with Gasteiger partial charge in [-0.05, 0) is 56.2 Å². The summed E-state index contributed by atoms with van der Waals surface area (Å²) >= 11 is 0. The van der Waals surface area contributed by atoms with Crippen molar-refractivity contribution in [3.63, 3.8) is 0 Å². The van der Waals surface area contributed by atoms with Gasteiger partial charge in [0.25, 0.3) is 5.91 Å². The predicted octanol–water partition coefficient (Wildman–Crippen LogP) is 2.60. The van der Waals surface area contributed by atoms with Crippen LogP contribution in [-0.4, -0.2) is 55.8 Å². The number of aryl methyl sites for hydroxylation is 2. The number of sulfonamides is 1. The molecule has 2 aromatic carbocycles. The molecule has 0 aromatic heterocycles. The Labute approximate surface area is 166 Å². The van der Waals surface area contributed by atoms with Crippen LogP contribution in [0.1, 0.15) is 18.1 Å². The SMILES string of the molecule is Cc1cc(C)cc(O[C@H](C)C(=O)N2CCN(S(=O)(=O)c3ccccc3)CC2)c1. The molecule has 0 unspecified atom stereocenters. The number of amides is 1. The first-order chi connectivity index (χ1) is 13.3. The lowest BCUT2D eigenvalue weighted by atomic mass is 10.1. The van der Waals surface area contributed by atoms with Crippen LogP contribution in [0.2, 0.25) is 0 Å². The molecule has 0 aliphatic carbocycles. The fourth-order valence-corrected chi connectivity index (χ4v) is 4.85. The first-order valence-corrected chi connectivity index (χ1v) is 10.8. The fourth-order valence-electron chi connectivity index (χ4n) is 3.40. The lowest BCUT2D eigenvalue weighted by Gasteiger charge is -2.35. The van der Waals surface area contributed by atoms with Crippen LogP contribution in [0.5, 0.6) is 5.75 Å². The molecule has 1 saturated heterocycles. The molecule has 0 spiro atoms. The zero-order valence-electron chi connectivity index (χ0n) is 16.5. The second-order valence-corrected chi connectivity index (χ2v) is 9.06. The van der Waals surface area contributed by atoms with Crippen molar-refractivity contribution < 1.29 is 17.9 Å². The molecule has 1 atom stereocenters. The van der Waals surface area contributed by atoms with Gasteiger partial charge in [0.05, 0.1) is 4.90 Å². The summed E-state index contributed by atoms with van der Waals surface area (Å²) in [6, 6.07) is 14.2. The summed E-state index contributed by atoms with van der Waals surface area (Å²) in [5.41, 5.74) is 2.16. The van der Waals surface area contributed by atoms with Gasteiger partial charge in [-0.1, -0.05) is 24.3 Å². The largest absolute Gasteiger partial charge is 0.481 e. The number of piperazine rings is 1. The normalized spacial score (nSPS) is 16.6. The highest BCUT2D eigenvalue weighted by Gasteiger charge is 2.31. The van der Waals surface area contributed by atoms with E-state index in [0.29, 0.717) is 18.8 Å². The number of carbonyl (C=O) groups is 1. The maximum atomic E-state index is 12.7. The van der Waals surface area contributed by atoms with Crippen molar-refractivity contribution in [1.82, 2.24) is 9.21 Å². The first-order valence-electron chi connectivity index (χ1n) is 9.36. The van der Waals surface area contributed by atoms with E-state index in [1.54, 1.807) is 42.2 Å². The summed E-state index contributed by atoms with van der Waals surface area (Å²) in [7, 11) is -3.53. The van der Waals surface area contributed by atoms with Crippen molar-refractivity contribution in [2.24, 2.45) is 0 Å². The van der Waals surface area contributed by atoms with Gasteiger partial charge in [-0.2, -0.15) is 4.31 Å². The molecular formula is C21H26N2O4S. The van der Waals surface area contributed by atoms with E-state index in [1.165, 1.54) is 4.31 Å². The third-order valence-corrected chi connectivity index (χ3v) is 6.70. The number of rotatable bonds is 5. The van der Waals surface area contributed by atoms with E-state index in [9.17, 15) is 13.2 Å². The molecule has 150 valence electrons. The fraction of sp³-hybridized carbons (Fsp3) is 0.381. The Balaban J connectivity index is 1.60. The monoisotopic (exact) mass is 402 g/mol. The number of hydrogen-bond donors (Lipinski definition) is 0. The second kappa shape index (κ2) is 8.32. The van der Waals surface area contributed by atoms with E-state index in [2.05, 4.69) is 0 Å². The summed E-state index contributed by atoms with van der Waals surface area (Å²) in [6.07, 6.45) is -0.626. The molecular weight excluding hydrogens is 376 g/mol. The zero-order chi connectivity index (χ0) is 20.3. The van der Waals surface area contributed by atoms with Crippen molar-refractivity contribution in [2.45, 2.75) is 31.8 Å². The van der Waals surface area contributed by atoms with Crippen LogP contribution in [-0.2, 0) is 14.8 Å². The molecule has 0 bridgehead atoms. The lowest BCUT2D eigenvalue weighted by molar-refractivity contribution is -0.139. The molecule has 1 heterocycles. The predicted molar refractivity (Wildman–Crippen MR) is 108 cm³/mol. The highest BCUT2D eigenvalue weighted by Crippen LogP contribution is 2.20. The second-order valence-electron chi connectivity index (χ2n) is 7.13. The molecule has 28 heavy (non-hydrogen) atoms. The van der Waals surface area contributed by atoms with Gasteiger partial charge in [0.1, 0.15) is 5.75 Å². The lowest BCUT2D eigenvalue weighted by Crippen LogP contribution is -2.53. The Kier molecular flexibility index (Phi) is 6.05.